The van der Waals surface area contributed by atoms with Gasteiger partial charge in [-0.15, -0.1) is 24.0 Å². The van der Waals surface area contributed by atoms with Gasteiger partial charge in [-0.2, -0.15) is 0 Å². The Balaban J connectivity index is 0. The summed E-state index contributed by atoms with van der Waals surface area (Å²) in [5.74, 6) is 0.578. The zero-order valence-corrected chi connectivity index (χ0v) is 19.7. The van der Waals surface area contributed by atoms with Crippen LogP contribution in [0.5, 0.6) is 0 Å². The van der Waals surface area contributed by atoms with Gasteiger partial charge in [0.1, 0.15) is 5.60 Å². The number of hydrogen-bond donors (Lipinski definition) is 3. The maximum absolute atomic E-state index is 11.6. The van der Waals surface area contributed by atoms with Gasteiger partial charge in [0.05, 0.1) is 7.11 Å². The first kappa shape index (κ1) is 28.0. The van der Waals surface area contributed by atoms with Gasteiger partial charge in [0.25, 0.3) is 0 Å². The molecule has 0 atom stereocenters. The number of methoxy groups -OCH3 is 1. The summed E-state index contributed by atoms with van der Waals surface area (Å²) in [5.41, 5.74) is -0.495. The zero-order chi connectivity index (χ0) is 19.8. The first-order chi connectivity index (χ1) is 12.3. The van der Waals surface area contributed by atoms with Gasteiger partial charge in [0.2, 0.25) is 0 Å². The number of unbranched alkanes of at least 4 members (excludes halogenated alkanes) is 3. The average Bonchev–Trinajstić information content (AvgIpc) is 2.55. The van der Waals surface area contributed by atoms with Gasteiger partial charge in [-0.25, -0.2) is 4.79 Å². The summed E-state index contributed by atoms with van der Waals surface area (Å²) in [6.45, 7) is 9.99. The Hall–Kier alpha value is -1.26. The number of esters is 1. The minimum absolute atomic E-state index is 0. The van der Waals surface area contributed by atoms with Gasteiger partial charge in [0, 0.05) is 32.6 Å². The molecule has 0 radical (unpaired) electrons. The van der Waals surface area contributed by atoms with Gasteiger partial charge >= 0.3 is 12.1 Å². The molecular formula is C18H37IN4O4. The Morgan fingerprint density at radius 1 is 0.963 bits per heavy atom. The van der Waals surface area contributed by atoms with Crippen molar-refractivity contribution in [3.8, 4) is 0 Å². The maximum atomic E-state index is 11.6. The van der Waals surface area contributed by atoms with Crippen LogP contribution >= 0.6 is 24.0 Å². The normalized spacial score (nSPS) is 11.2. The predicted molar refractivity (Wildman–Crippen MR) is 119 cm³/mol. The van der Waals surface area contributed by atoms with E-state index in [1.807, 2.05) is 27.7 Å². The van der Waals surface area contributed by atoms with E-state index in [-0.39, 0.29) is 29.9 Å². The summed E-state index contributed by atoms with van der Waals surface area (Å²) in [6.07, 6.45) is 3.90. The minimum Gasteiger partial charge on any atom is -0.469 e. The fourth-order valence-corrected chi connectivity index (χ4v) is 2.03. The molecular weight excluding hydrogens is 463 g/mol. The Bertz CT molecular complexity index is 440. The smallest absolute Gasteiger partial charge is 0.407 e. The third kappa shape index (κ3) is 19.3. The van der Waals surface area contributed by atoms with Crippen molar-refractivity contribution in [1.82, 2.24) is 16.0 Å². The van der Waals surface area contributed by atoms with Crippen LogP contribution in [-0.2, 0) is 14.3 Å². The molecule has 0 saturated heterocycles. The van der Waals surface area contributed by atoms with E-state index in [4.69, 9.17) is 4.74 Å². The summed E-state index contributed by atoms with van der Waals surface area (Å²) < 4.78 is 9.78. The maximum Gasteiger partial charge on any atom is 0.407 e. The first-order valence-electron chi connectivity index (χ1n) is 9.34. The second kappa shape index (κ2) is 16.9. The zero-order valence-electron chi connectivity index (χ0n) is 17.4. The number of nitrogens with one attached hydrogen (secondary N) is 3. The predicted octanol–water partition coefficient (Wildman–Crippen LogP) is 2.81. The van der Waals surface area contributed by atoms with Crippen molar-refractivity contribution in [1.29, 1.82) is 0 Å². The molecule has 160 valence electrons. The molecule has 0 bridgehead atoms. The summed E-state index contributed by atoms with van der Waals surface area (Å²) in [7, 11) is 1.41. The van der Waals surface area contributed by atoms with E-state index < -0.39 is 11.7 Å². The Kier molecular flexibility index (Phi) is 17.5. The highest BCUT2D eigenvalue weighted by molar-refractivity contribution is 14.0. The third-order valence-electron chi connectivity index (χ3n) is 3.22. The number of rotatable bonds is 11. The second-order valence-corrected chi connectivity index (χ2v) is 6.86. The van der Waals surface area contributed by atoms with Gasteiger partial charge in [-0.3, -0.25) is 9.79 Å². The first-order valence-corrected chi connectivity index (χ1v) is 9.34. The minimum atomic E-state index is -0.495. The van der Waals surface area contributed by atoms with Crippen LogP contribution in [0.1, 0.15) is 59.8 Å². The van der Waals surface area contributed by atoms with E-state index in [0.29, 0.717) is 26.1 Å². The van der Waals surface area contributed by atoms with E-state index in [9.17, 15) is 9.59 Å². The van der Waals surface area contributed by atoms with Gasteiger partial charge in [-0.05, 0) is 40.5 Å². The van der Waals surface area contributed by atoms with Crippen molar-refractivity contribution in [2.75, 3.05) is 33.3 Å². The molecule has 8 nitrogen and oxygen atoms in total. The van der Waals surface area contributed by atoms with Crippen LogP contribution in [0.4, 0.5) is 4.79 Å². The number of hydrogen-bond acceptors (Lipinski definition) is 5. The van der Waals surface area contributed by atoms with Crippen molar-refractivity contribution in [2.24, 2.45) is 4.99 Å². The number of carbonyl (C=O) groups is 2. The van der Waals surface area contributed by atoms with Gasteiger partial charge < -0.3 is 25.4 Å². The molecule has 0 aromatic rings. The Morgan fingerprint density at radius 2 is 1.59 bits per heavy atom. The van der Waals surface area contributed by atoms with Crippen molar-refractivity contribution in [2.45, 2.75) is 65.4 Å². The van der Waals surface area contributed by atoms with E-state index in [0.717, 1.165) is 38.2 Å². The second-order valence-electron chi connectivity index (χ2n) is 6.86. The van der Waals surface area contributed by atoms with Crippen molar-refractivity contribution in [3.05, 3.63) is 0 Å². The number of amides is 1. The highest BCUT2D eigenvalue weighted by atomic mass is 127. The number of carbonyl (C=O) groups excluding carboxylic acids is 2. The lowest BCUT2D eigenvalue weighted by atomic mass is 10.1. The highest BCUT2D eigenvalue weighted by Crippen LogP contribution is 2.06. The van der Waals surface area contributed by atoms with Crippen LogP contribution < -0.4 is 16.0 Å². The molecule has 0 unspecified atom stereocenters. The molecule has 1 amide bonds. The quantitative estimate of drug-likeness (QED) is 0.133. The van der Waals surface area contributed by atoms with Crippen LogP contribution in [0, 0.1) is 0 Å². The summed E-state index contributed by atoms with van der Waals surface area (Å²) in [4.78, 5) is 27.1. The molecule has 9 heteroatoms. The lowest BCUT2D eigenvalue weighted by Crippen LogP contribution is -2.42. The molecule has 3 N–H and O–H groups in total. The molecule has 0 aromatic heterocycles. The molecule has 0 aliphatic rings. The fourth-order valence-electron chi connectivity index (χ4n) is 2.03. The molecule has 0 saturated carbocycles. The summed E-state index contributed by atoms with van der Waals surface area (Å²) in [6, 6.07) is 0. The lowest BCUT2D eigenvalue weighted by Gasteiger charge is -2.19. The number of aliphatic imine (C=N–C) groups is 1. The highest BCUT2D eigenvalue weighted by Gasteiger charge is 2.15. The largest absolute Gasteiger partial charge is 0.469 e. The lowest BCUT2D eigenvalue weighted by molar-refractivity contribution is -0.140. The monoisotopic (exact) mass is 500 g/mol. The van der Waals surface area contributed by atoms with Crippen LogP contribution in [-0.4, -0.2) is 56.9 Å². The fraction of sp³-hybridized carbons (Fsp3) is 0.833. The molecule has 0 rings (SSSR count). The molecule has 0 aliphatic heterocycles. The molecule has 0 fully saturated rings. The van der Waals surface area contributed by atoms with Gasteiger partial charge in [0.15, 0.2) is 5.96 Å². The SMILES string of the molecule is CCNC(=NCCCCCCC(=O)OC)NCCNC(=O)OC(C)(C)C.I. The number of alkyl carbamates (subject to hydrolysis) is 1. The topological polar surface area (TPSA) is 101 Å². The standard InChI is InChI=1S/C18H36N4O4.HI/c1-6-19-16(20-12-10-8-7-9-11-15(23)25-5)21-13-14-22-17(24)26-18(2,3)4;/h6-14H2,1-5H3,(H,22,24)(H2,19,20,21);1H. The molecule has 0 heterocycles. The molecule has 0 aromatic carbocycles. The van der Waals surface area contributed by atoms with Crippen LogP contribution in [0.2, 0.25) is 0 Å². The van der Waals surface area contributed by atoms with Crippen LogP contribution in [0.15, 0.2) is 4.99 Å². The molecule has 27 heavy (non-hydrogen) atoms. The van der Waals surface area contributed by atoms with Crippen molar-refractivity contribution >= 4 is 42.0 Å². The number of nitrogens with zero attached hydrogens (tertiary/aromatic N) is 1. The van der Waals surface area contributed by atoms with Crippen LogP contribution in [0.3, 0.4) is 0 Å². The van der Waals surface area contributed by atoms with E-state index in [1.54, 1.807) is 0 Å². The number of halogens is 1. The summed E-state index contributed by atoms with van der Waals surface area (Å²) in [5, 5.41) is 9.04. The molecule has 0 spiro atoms. The van der Waals surface area contributed by atoms with E-state index >= 15 is 0 Å². The van der Waals surface area contributed by atoms with Crippen molar-refractivity contribution < 1.29 is 19.1 Å². The van der Waals surface area contributed by atoms with Crippen molar-refractivity contribution in [3.63, 3.8) is 0 Å². The average molecular weight is 500 g/mol. The molecule has 0 aliphatic carbocycles. The van der Waals surface area contributed by atoms with E-state index in [2.05, 4.69) is 25.7 Å². The number of guanidine groups is 1. The van der Waals surface area contributed by atoms with Crippen LogP contribution in [0.25, 0.3) is 0 Å². The Labute approximate surface area is 180 Å². The Morgan fingerprint density at radius 3 is 2.19 bits per heavy atom. The summed E-state index contributed by atoms with van der Waals surface area (Å²) >= 11 is 0. The number of ether oxygens (including phenoxy) is 2. The van der Waals surface area contributed by atoms with Gasteiger partial charge in [-0.1, -0.05) is 12.8 Å². The van der Waals surface area contributed by atoms with E-state index in [1.165, 1.54) is 7.11 Å². The third-order valence-corrected chi connectivity index (χ3v) is 3.22.